The van der Waals surface area contributed by atoms with Crippen molar-refractivity contribution in [2.75, 3.05) is 25.2 Å². The van der Waals surface area contributed by atoms with E-state index in [1.54, 1.807) is 30.2 Å². The molecule has 1 fully saturated rings. The highest BCUT2D eigenvalue weighted by Crippen LogP contribution is 2.24. The number of anilines is 1. The number of nitrogens with zero attached hydrogens (tertiary/aromatic N) is 2. The lowest BCUT2D eigenvalue weighted by molar-refractivity contribution is 0.0770. The second-order valence-corrected chi connectivity index (χ2v) is 5.98. The van der Waals surface area contributed by atoms with Gasteiger partial charge in [0.1, 0.15) is 11.6 Å². The zero-order valence-corrected chi connectivity index (χ0v) is 14.2. The van der Waals surface area contributed by atoms with Crippen molar-refractivity contribution in [1.29, 1.82) is 0 Å². The zero-order chi connectivity index (χ0) is 17.6. The summed E-state index contributed by atoms with van der Waals surface area (Å²) in [6.07, 6.45) is 2.59. The van der Waals surface area contributed by atoms with Gasteiger partial charge in [-0.1, -0.05) is 12.1 Å². The molecule has 1 aliphatic heterocycles. The summed E-state index contributed by atoms with van der Waals surface area (Å²) in [6, 6.07) is 10.2. The summed E-state index contributed by atoms with van der Waals surface area (Å²) in [5, 5.41) is 0. The first-order valence-corrected chi connectivity index (χ1v) is 8.30. The molecule has 0 aliphatic carbocycles. The van der Waals surface area contributed by atoms with Crippen LogP contribution in [-0.4, -0.2) is 37.3 Å². The summed E-state index contributed by atoms with van der Waals surface area (Å²) >= 11 is 0. The number of pyridine rings is 1. The molecule has 1 aliphatic rings. The number of hydrogen-bond donors (Lipinski definition) is 0. The SMILES string of the molecule is COCc1ccc(C(=O)N(c2ccc(F)cn2)C2CCOCC2)cc1. The van der Waals surface area contributed by atoms with Crippen molar-refractivity contribution >= 4 is 11.7 Å². The lowest BCUT2D eigenvalue weighted by atomic mass is 10.0. The fraction of sp³-hybridized carbons (Fsp3) is 0.368. The number of rotatable bonds is 5. The Kier molecular flexibility index (Phi) is 5.73. The van der Waals surface area contributed by atoms with Crippen LogP contribution < -0.4 is 4.90 Å². The summed E-state index contributed by atoms with van der Waals surface area (Å²) in [5.74, 6) is -0.110. The summed E-state index contributed by atoms with van der Waals surface area (Å²) in [6.45, 7) is 1.70. The second-order valence-electron chi connectivity index (χ2n) is 5.98. The van der Waals surface area contributed by atoms with Gasteiger partial charge >= 0.3 is 0 Å². The number of amides is 1. The predicted molar refractivity (Wildman–Crippen MR) is 92.0 cm³/mol. The van der Waals surface area contributed by atoms with Gasteiger partial charge in [0.25, 0.3) is 5.91 Å². The third-order valence-electron chi connectivity index (χ3n) is 4.25. The number of hydrogen-bond acceptors (Lipinski definition) is 4. The van der Waals surface area contributed by atoms with Gasteiger partial charge in [-0.05, 0) is 42.7 Å². The van der Waals surface area contributed by atoms with Crippen molar-refractivity contribution in [2.45, 2.75) is 25.5 Å². The summed E-state index contributed by atoms with van der Waals surface area (Å²) in [4.78, 5) is 18.9. The number of carbonyl (C=O) groups excluding carboxylic acids is 1. The molecule has 1 aromatic heterocycles. The smallest absolute Gasteiger partial charge is 0.259 e. The van der Waals surface area contributed by atoms with E-state index in [2.05, 4.69) is 4.98 Å². The summed E-state index contributed by atoms with van der Waals surface area (Å²) in [7, 11) is 1.63. The van der Waals surface area contributed by atoms with Gasteiger partial charge < -0.3 is 9.47 Å². The Hall–Kier alpha value is -2.31. The van der Waals surface area contributed by atoms with Crippen LogP contribution in [0.4, 0.5) is 10.2 Å². The van der Waals surface area contributed by atoms with Crippen LogP contribution in [0.1, 0.15) is 28.8 Å². The highest BCUT2D eigenvalue weighted by Gasteiger charge is 2.29. The van der Waals surface area contributed by atoms with Crippen molar-refractivity contribution in [1.82, 2.24) is 4.98 Å². The van der Waals surface area contributed by atoms with Crippen molar-refractivity contribution in [3.63, 3.8) is 0 Å². The number of ether oxygens (including phenoxy) is 2. The highest BCUT2D eigenvalue weighted by atomic mass is 19.1. The van der Waals surface area contributed by atoms with E-state index in [1.807, 2.05) is 12.1 Å². The number of halogens is 1. The molecule has 0 unspecified atom stereocenters. The molecule has 0 bridgehead atoms. The summed E-state index contributed by atoms with van der Waals surface area (Å²) in [5.41, 5.74) is 1.56. The van der Waals surface area contributed by atoms with E-state index in [9.17, 15) is 9.18 Å². The Balaban J connectivity index is 1.89. The Morgan fingerprint density at radius 3 is 2.56 bits per heavy atom. The van der Waals surface area contributed by atoms with Crippen LogP contribution in [-0.2, 0) is 16.1 Å². The molecular formula is C19H21FN2O3. The molecule has 1 aromatic carbocycles. The van der Waals surface area contributed by atoms with Crippen LogP contribution in [0.25, 0.3) is 0 Å². The first-order valence-electron chi connectivity index (χ1n) is 8.30. The molecule has 132 valence electrons. The minimum absolute atomic E-state index is 0.0159. The van der Waals surface area contributed by atoms with Crippen LogP contribution in [0, 0.1) is 5.82 Å². The van der Waals surface area contributed by atoms with Crippen molar-refractivity contribution < 1.29 is 18.7 Å². The number of methoxy groups -OCH3 is 1. The largest absolute Gasteiger partial charge is 0.381 e. The fourth-order valence-corrected chi connectivity index (χ4v) is 2.96. The van der Waals surface area contributed by atoms with Crippen LogP contribution in [0.15, 0.2) is 42.6 Å². The van der Waals surface area contributed by atoms with E-state index in [0.29, 0.717) is 31.2 Å². The number of carbonyl (C=O) groups is 1. The first-order chi connectivity index (χ1) is 12.2. The molecule has 25 heavy (non-hydrogen) atoms. The molecule has 0 atom stereocenters. The van der Waals surface area contributed by atoms with Crippen molar-refractivity contribution in [3.05, 3.63) is 59.5 Å². The van der Waals surface area contributed by atoms with E-state index >= 15 is 0 Å². The molecule has 3 rings (SSSR count). The molecule has 2 heterocycles. The van der Waals surface area contributed by atoms with Gasteiger partial charge in [-0.3, -0.25) is 9.69 Å². The van der Waals surface area contributed by atoms with Gasteiger partial charge in [0.05, 0.1) is 12.8 Å². The Labute approximate surface area is 146 Å². The topological polar surface area (TPSA) is 51.7 Å². The van der Waals surface area contributed by atoms with E-state index in [4.69, 9.17) is 9.47 Å². The zero-order valence-electron chi connectivity index (χ0n) is 14.2. The minimum Gasteiger partial charge on any atom is -0.381 e. The average molecular weight is 344 g/mol. The van der Waals surface area contributed by atoms with Gasteiger partial charge in [0.15, 0.2) is 0 Å². The van der Waals surface area contributed by atoms with Gasteiger partial charge in [-0.15, -0.1) is 0 Å². The van der Waals surface area contributed by atoms with E-state index in [0.717, 1.165) is 24.6 Å². The molecule has 5 nitrogen and oxygen atoms in total. The highest BCUT2D eigenvalue weighted by molar-refractivity contribution is 6.06. The molecule has 0 spiro atoms. The fourth-order valence-electron chi connectivity index (χ4n) is 2.96. The van der Waals surface area contributed by atoms with E-state index < -0.39 is 5.82 Å². The summed E-state index contributed by atoms with van der Waals surface area (Å²) < 4.78 is 23.7. The maximum atomic E-state index is 13.2. The maximum Gasteiger partial charge on any atom is 0.259 e. The number of benzene rings is 1. The van der Waals surface area contributed by atoms with Crippen LogP contribution >= 0.6 is 0 Å². The molecule has 1 amide bonds. The Morgan fingerprint density at radius 2 is 1.96 bits per heavy atom. The standard InChI is InChI=1S/C19H21FN2O3/c1-24-13-14-2-4-15(5-3-14)19(23)22(17-8-10-25-11-9-17)18-7-6-16(20)12-21-18/h2-7,12,17H,8-11,13H2,1H3. The first kappa shape index (κ1) is 17.5. The molecule has 0 N–H and O–H groups in total. The maximum absolute atomic E-state index is 13.2. The molecule has 1 saturated heterocycles. The molecule has 6 heteroatoms. The van der Waals surface area contributed by atoms with Crippen LogP contribution in [0.3, 0.4) is 0 Å². The van der Waals surface area contributed by atoms with Gasteiger partial charge in [-0.2, -0.15) is 0 Å². The van der Waals surface area contributed by atoms with Crippen LogP contribution in [0.2, 0.25) is 0 Å². The van der Waals surface area contributed by atoms with E-state index in [-0.39, 0.29) is 11.9 Å². The van der Waals surface area contributed by atoms with Gasteiger partial charge in [0.2, 0.25) is 0 Å². The molecule has 0 radical (unpaired) electrons. The van der Waals surface area contributed by atoms with Crippen molar-refractivity contribution in [2.24, 2.45) is 0 Å². The Morgan fingerprint density at radius 1 is 1.24 bits per heavy atom. The molecule has 2 aromatic rings. The lowest BCUT2D eigenvalue weighted by Crippen LogP contribution is -2.44. The quantitative estimate of drug-likeness (QED) is 0.836. The van der Waals surface area contributed by atoms with Gasteiger partial charge in [-0.25, -0.2) is 9.37 Å². The third kappa shape index (κ3) is 4.21. The minimum atomic E-state index is -0.424. The Bertz CT molecular complexity index is 698. The monoisotopic (exact) mass is 344 g/mol. The van der Waals surface area contributed by atoms with Crippen LogP contribution in [0.5, 0.6) is 0 Å². The normalized spacial score (nSPS) is 15.1. The van der Waals surface area contributed by atoms with E-state index in [1.165, 1.54) is 6.07 Å². The lowest BCUT2D eigenvalue weighted by Gasteiger charge is -2.33. The number of aromatic nitrogens is 1. The third-order valence-corrected chi connectivity index (χ3v) is 4.25. The van der Waals surface area contributed by atoms with Gasteiger partial charge in [0, 0.05) is 31.9 Å². The molecule has 0 saturated carbocycles. The molecular weight excluding hydrogens is 323 g/mol. The average Bonchev–Trinajstić information content (AvgIpc) is 2.65. The predicted octanol–water partition coefficient (Wildman–Crippen LogP) is 3.19. The second kappa shape index (κ2) is 8.18. The van der Waals surface area contributed by atoms with Crippen molar-refractivity contribution in [3.8, 4) is 0 Å².